The molecule has 9 heteroatoms. The maximum absolute atomic E-state index is 12.9. The molecule has 2 aromatic carbocycles. The van der Waals surface area contributed by atoms with Gasteiger partial charge in [-0.05, 0) is 55.7 Å². The molecular formula is C26H32N4O5. The van der Waals surface area contributed by atoms with Gasteiger partial charge >= 0.3 is 6.03 Å². The Morgan fingerprint density at radius 1 is 0.800 bits per heavy atom. The summed E-state index contributed by atoms with van der Waals surface area (Å²) in [5, 5.41) is 2.76. The minimum Gasteiger partial charge on any atom is -0.497 e. The van der Waals surface area contributed by atoms with Crippen molar-refractivity contribution < 1.29 is 23.9 Å². The van der Waals surface area contributed by atoms with Gasteiger partial charge in [0.15, 0.2) is 6.61 Å². The van der Waals surface area contributed by atoms with Crippen molar-refractivity contribution in [2.75, 3.05) is 58.3 Å². The third-order valence-corrected chi connectivity index (χ3v) is 6.29. The number of carbonyl (C=O) groups excluding carboxylic acids is 3. The SMILES string of the molecule is COc1cccc(NC(=O)COc2ccc(C(=O)N3CCN(C(=O)N4CCCCC4)CC3)cc2)c1. The van der Waals surface area contributed by atoms with E-state index in [1.54, 1.807) is 60.5 Å². The standard InChI is InChI=1S/C26H32N4O5/c1-34-23-7-5-6-21(18-23)27-24(31)19-35-22-10-8-20(9-11-22)25(32)28-14-16-30(17-15-28)26(33)29-12-3-2-4-13-29/h5-11,18H,2-4,12-17,19H2,1H3,(H,27,31). The number of likely N-dealkylation sites (tertiary alicyclic amines) is 1. The first-order chi connectivity index (χ1) is 17.0. The molecule has 0 bridgehead atoms. The molecule has 1 N–H and O–H groups in total. The van der Waals surface area contributed by atoms with Gasteiger partial charge in [0.25, 0.3) is 11.8 Å². The number of benzene rings is 2. The number of methoxy groups -OCH3 is 1. The molecule has 35 heavy (non-hydrogen) atoms. The maximum atomic E-state index is 12.9. The topological polar surface area (TPSA) is 91.4 Å². The highest BCUT2D eigenvalue weighted by Crippen LogP contribution is 2.18. The predicted octanol–water partition coefficient (Wildman–Crippen LogP) is 3.08. The summed E-state index contributed by atoms with van der Waals surface area (Å²) >= 11 is 0. The fraction of sp³-hybridized carbons (Fsp3) is 0.423. The number of carbonyl (C=O) groups is 3. The van der Waals surface area contributed by atoms with Crippen molar-refractivity contribution in [1.82, 2.24) is 14.7 Å². The molecule has 4 amide bonds. The molecule has 0 unspecified atom stereocenters. The lowest BCUT2D eigenvalue weighted by Crippen LogP contribution is -2.54. The molecule has 2 aliphatic heterocycles. The number of ether oxygens (including phenoxy) is 2. The average molecular weight is 481 g/mol. The lowest BCUT2D eigenvalue weighted by atomic mass is 10.1. The molecule has 0 aliphatic carbocycles. The number of anilines is 1. The van der Waals surface area contributed by atoms with Gasteiger partial charge in [-0.25, -0.2) is 4.79 Å². The number of piperidine rings is 1. The molecule has 2 heterocycles. The first-order valence-electron chi connectivity index (χ1n) is 12.0. The summed E-state index contributed by atoms with van der Waals surface area (Å²) in [7, 11) is 1.57. The summed E-state index contributed by atoms with van der Waals surface area (Å²) in [5.41, 5.74) is 1.17. The van der Waals surface area contributed by atoms with Gasteiger partial charge in [-0.2, -0.15) is 0 Å². The first-order valence-corrected chi connectivity index (χ1v) is 12.0. The molecule has 0 spiro atoms. The van der Waals surface area contributed by atoms with E-state index in [9.17, 15) is 14.4 Å². The van der Waals surface area contributed by atoms with Crippen LogP contribution < -0.4 is 14.8 Å². The van der Waals surface area contributed by atoms with E-state index in [1.807, 2.05) is 9.80 Å². The summed E-state index contributed by atoms with van der Waals surface area (Å²) in [6, 6.07) is 13.9. The lowest BCUT2D eigenvalue weighted by Gasteiger charge is -2.38. The number of nitrogens with one attached hydrogen (secondary N) is 1. The third-order valence-electron chi connectivity index (χ3n) is 6.29. The van der Waals surface area contributed by atoms with E-state index in [0.29, 0.717) is 48.9 Å². The molecule has 0 atom stereocenters. The largest absolute Gasteiger partial charge is 0.497 e. The number of urea groups is 1. The Kier molecular flexibility index (Phi) is 8.07. The van der Waals surface area contributed by atoms with Gasteiger partial charge in [-0.15, -0.1) is 0 Å². The Bertz CT molecular complexity index is 1030. The Labute approximate surface area is 205 Å². The molecule has 2 saturated heterocycles. The van der Waals surface area contributed by atoms with Crippen LogP contribution in [0.4, 0.5) is 10.5 Å². The fourth-order valence-corrected chi connectivity index (χ4v) is 4.31. The van der Waals surface area contributed by atoms with E-state index in [0.717, 1.165) is 25.9 Å². The smallest absolute Gasteiger partial charge is 0.320 e. The van der Waals surface area contributed by atoms with Crippen LogP contribution in [-0.4, -0.2) is 85.5 Å². The minimum atomic E-state index is -0.296. The van der Waals surface area contributed by atoms with E-state index in [-0.39, 0.29) is 24.5 Å². The Hall–Kier alpha value is -3.75. The zero-order chi connectivity index (χ0) is 24.6. The van der Waals surface area contributed by atoms with Crippen molar-refractivity contribution in [1.29, 1.82) is 0 Å². The van der Waals surface area contributed by atoms with Gasteiger partial charge in [0.2, 0.25) is 0 Å². The molecule has 9 nitrogen and oxygen atoms in total. The molecular weight excluding hydrogens is 448 g/mol. The second-order valence-electron chi connectivity index (χ2n) is 8.70. The molecule has 2 aromatic rings. The summed E-state index contributed by atoms with van der Waals surface area (Å²) in [4.78, 5) is 43.3. The Morgan fingerprint density at radius 3 is 2.14 bits per heavy atom. The van der Waals surface area contributed by atoms with Crippen LogP contribution in [0.3, 0.4) is 0 Å². The van der Waals surface area contributed by atoms with Crippen LogP contribution in [0, 0.1) is 0 Å². The van der Waals surface area contributed by atoms with Gasteiger partial charge in [0, 0.05) is 56.6 Å². The number of hydrogen-bond donors (Lipinski definition) is 1. The third kappa shape index (κ3) is 6.44. The summed E-state index contributed by atoms with van der Waals surface area (Å²) in [6.07, 6.45) is 3.32. The van der Waals surface area contributed by atoms with Crippen LogP contribution in [0.2, 0.25) is 0 Å². The first kappa shape index (κ1) is 24.4. The van der Waals surface area contributed by atoms with Gasteiger partial charge in [-0.1, -0.05) is 6.07 Å². The molecule has 0 aromatic heterocycles. The number of piperazine rings is 1. The van der Waals surface area contributed by atoms with Gasteiger partial charge in [0.05, 0.1) is 7.11 Å². The summed E-state index contributed by atoms with van der Waals surface area (Å²) in [6.45, 7) is 3.62. The molecule has 0 radical (unpaired) electrons. The highest BCUT2D eigenvalue weighted by atomic mass is 16.5. The van der Waals surface area contributed by atoms with Crippen LogP contribution in [0.5, 0.6) is 11.5 Å². The predicted molar refractivity (Wildman–Crippen MR) is 132 cm³/mol. The van der Waals surface area contributed by atoms with E-state index >= 15 is 0 Å². The van der Waals surface area contributed by atoms with E-state index in [4.69, 9.17) is 9.47 Å². The quantitative estimate of drug-likeness (QED) is 0.686. The summed E-state index contributed by atoms with van der Waals surface area (Å²) in [5.74, 6) is 0.783. The lowest BCUT2D eigenvalue weighted by molar-refractivity contribution is -0.118. The van der Waals surface area contributed by atoms with E-state index in [1.165, 1.54) is 6.42 Å². The van der Waals surface area contributed by atoms with E-state index in [2.05, 4.69) is 5.32 Å². The Balaban J connectivity index is 1.23. The Morgan fingerprint density at radius 2 is 1.46 bits per heavy atom. The molecule has 0 saturated carbocycles. The van der Waals surface area contributed by atoms with Gasteiger partial charge in [0.1, 0.15) is 11.5 Å². The number of hydrogen-bond acceptors (Lipinski definition) is 5. The number of amides is 4. The molecule has 186 valence electrons. The second kappa shape index (κ2) is 11.6. The second-order valence-corrected chi connectivity index (χ2v) is 8.70. The molecule has 4 rings (SSSR count). The van der Waals surface area contributed by atoms with E-state index < -0.39 is 0 Å². The van der Waals surface area contributed by atoms with Crippen LogP contribution in [0.25, 0.3) is 0 Å². The summed E-state index contributed by atoms with van der Waals surface area (Å²) < 4.78 is 10.7. The van der Waals surface area contributed by atoms with Gasteiger partial charge < -0.3 is 29.5 Å². The van der Waals surface area contributed by atoms with Crippen LogP contribution in [0.15, 0.2) is 48.5 Å². The van der Waals surface area contributed by atoms with Gasteiger partial charge in [-0.3, -0.25) is 9.59 Å². The zero-order valence-corrected chi connectivity index (χ0v) is 20.1. The van der Waals surface area contributed by atoms with Crippen molar-refractivity contribution >= 4 is 23.5 Å². The zero-order valence-electron chi connectivity index (χ0n) is 20.1. The van der Waals surface area contributed by atoms with Crippen molar-refractivity contribution in [3.05, 3.63) is 54.1 Å². The van der Waals surface area contributed by atoms with Crippen molar-refractivity contribution in [2.45, 2.75) is 19.3 Å². The van der Waals surface area contributed by atoms with Crippen molar-refractivity contribution in [3.63, 3.8) is 0 Å². The van der Waals surface area contributed by atoms with Crippen LogP contribution in [0.1, 0.15) is 29.6 Å². The highest BCUT2D eigenvalue weighted by molar-refractivity contribution is 5.94. The fourth-order valence-electron chi connectivity index (χ4n) is 4.31. The van der Waals surface area contributed by atoms with Crippen LogP contribution >= 0.6 is 0 Å². The molecule has 2 aliphatic rings. The molecule has 2 fully saturated rings. The monoisotopic (exact) mass is 480 g/mol. The number of rotatable bonds is 6. The van der Waals surface area contributed by atoms with Crippen molar-refractivity contribution in [3.8, 4) is 11.5 Å². The number of nitrogens with zero attached hydrogens (tertiary/aromatic N) is 3. The highest BCUT2D eigenvalue weighted by Gasteiger charge is 2.28. The average Bonchev–Trinajstić information content (AvgIpc) is 2.92. The normalized spacial score (nSPS) is 16.0. The maximum Gasteiger partial charge on any atom is 0.320 e. The van der Waals surface area contributed by atoms with Crippen LogP contribution in [-0.2, 0) is 4.79 Å². The minimum absolute atomic E-state index is 0.0719. The van der Waals surface area contributed by atoms with Crippen molar-refractivity contribution in [2.24, 2.45) is 0 Å².